The summed E-state index contributed by atoms with van der Waals surface area (Å²) in [6.45, 7) is 0.301. The number of nitro benzene ring substituents is 1. The van der Waals surface area contributed by atoms with Crippen molar-refractivity contribution >= 4 is 34.8 Å². The molecule has 1 unspecified atom stereocenters. The highest BCUT2D eigenvalue weighted by Crippen LogP contribution is 2.42. The van der Waals surface area contributed by atoms with Crippen LogP contribution in [-0.4, -0.2) is 15.7 Å². The smallest absolute Gasteiger partial charge is 0.269 e. The number of amides is 1. The van der Waals surface area contributed by atoms with Crippen LogP contribution in [0, 0.1) is 10.1 Å². The molecular weight excluding hydrogens is 399 g/mol. The first-order valence-electron chi connectivity index (χ1n) is 8.54. The molecule has 0 bridgehead atoms. The normalized spacial score (nSPS) is 15.6. The summed E-state index contributed by atoms with van der Waals surface area (Å²) in [6, 6.07) is 18.7. The summed E-state index contributed by atoms with van der Waals surface area (Å²) in [7, 11) is 0. The molecule has 0 aromatic heterocycles. The number of hydrogen-bond donors (Lipinski definition) is 0. The van der Waals surface area contributed by atoms with Crippen LogP contribution in [0.1, 0.15) is 33.1 Å². The Morgan fingerprint density at radius 1 is 0.964 bits per heavy atom. The molecule has 0 N–H and O–H groups in total. The maximum absolute atomic E-state index is 13.2. The summed E-state index contributed by atoms with van der Waals surface area (Å²) >= 11 is 12.3. The molecule has 3 aromatic carbocycles. The van der Waals surface area contributed by atoms with E-state index in [4.69, 9.17) is 23.2 Å². The van der Waals surface area contributed by atoms with Crippen LogP contribution in [-0.2, 0) is 6.54 Å². The topological polar surface area (TPSA) is 63.5 Å². The van der Waals surface area contributed by atoms with Crippen LogP contribution in [0.5, 0.6) is 0 Å². The Morgan fingerprint density at radius 2 is 1.64 bits per heavy atom. The molecule has 0 aliphatic carbocycles. The van der Waals surface area contributed by atoms with Crippen LogP contribution in [0.25, 0.3) is 0 Å². The molecule has 3 aromatic rings. The van der Waals surface area contributed by atoms with Gasteiger partial charge in [0.2, 0.25) is 0 Å². The number of rotatable bonds is 4. The van der Waals surface area contributed by atoms with Gasteiger partial charge in [-0.15, -0.1) is 0 Å². The zero-order chi connectivity index (χ0) is 19.8. The summed E-state index contributed by atoms with van der Waals surface area (Å²) in [5, 5.41) is 11.9. The Kier molecular flexibility index (Phi) is 4.79. The van der Waals surface area contributed by atoms with Gasteiger partial charge in [0.1, 0.15) is 0 Å². The van der Waals surface area contributed by atoms with Crippen LogP contribution in [0.2, 0.25) is 10.0 Å². The molecule has 28 heavy (non-hydrogen) atoms. The Labute approximate surface area is 171 Å². The molecule has 1 amide bonds. The number of hydrogen-bond acceptors (Lipinski definition) is 3. The Morgan fingerprint density at radius 3 is 2.29 bits per heavy atom. The van der Waals surface area contributed by atoms with Crippen LogP contribution in [0.15, 0.2) is 66.7 Å². The highest BCUT2D eigenvalue weighted by molar-refractivity contribution is 6.34. The summed E-state index contributed by atoms with van der Waals surface area (Å²) in [6.07, 6.45) is 0. The maximum atomic E-state index is 13.2. The number of nitro groups is 1. The predicted octanol–water partition coefficient (Wildman–Crippen LogP) is 5.65. The molecule has 0 radical (unpaired) electrons. The fourth-order valence-corrected chi connectivity index (χ4v) is 3.90. The first-order chi connectivity index (χ1) is 13.5. The molecule has 0 saturated carbocycles. The lowest BCUT2D eigenvalue weighted by atomic mass is 9.98. The van der Waals surface area contributed by atoms with Crippen LogP contribution < -0.4 is 0 Å². The van der Waals surface area contributed by atoms with Crippen molar-refractivity contribution in [3.05, 3.63) is 109 Å². The Balaban J connectivity index is 1.75. The number of non-ortho nitro benzene ring substituents is 1. The van der Waals surface area contributed by atoms with Gasteiger partial charge in [0.15, 0.2) is 0 Å². The Hall–Kier alpha value is -2.89. The zero-order valence-electron chi connectivity index (χ0n) is 14.5. The lowest BCUT2D eigenvalue weighted by molar-refractivity contribution is -0.384. The quantitative estimate of drug-likeness (QED) is 0.410. The number of halogens is 2. The SMILES string of the molecule is O=C1c2c(Cl)cccc2C(c2ccc(Cl)cc2)N1Cc1ccc([N+](=O)[O-])cc1. The van der Waals surface area contributed by atoms with E-state index in [1.807, 2.05) is 24.3 Å². The van der Waals surface area contributed by atoms with Gasteiger partial charge >= 0.3 is 0 Å². The van der Waals surface area contributed by atoms with Gasteiger partial charge < -0.3 is 4.90 Å². The average Bonchev–Trinajstić information content (AvgIpc) is 2.96. The van der Waals surface area contributed by atoms with E-state index in [0.717, 1.165) is 16.7 Å². The standard InChI is InChI=1S/C21H14Cl2N2O3/c22-15-8-6-14(7-9-15)20-17-2-1-3-18(23)19(17)21(26)24(20)12-13-4-10-16(11-5-13)25(27)28/h1-11,20H,12H2. The molecule has 4 rings (SSSR count). The molecule has 1 aliphatic rings. The fourth-order valence-electron chi connectivity index (χ4n) is 3.51. The summed E-state index contributed by atoms with van der Waals surface area (Å²) < 4.78 is 0. The third kappa shape index (κ3) is 3.23. The van der Waals surface area contributed by atoms with E-state index in [1.165, 1.54) is 12.1 Å². The minimum absolute atomic E-state index is 0.0112. The highest BCUT2D eigenvalue weighted by atomic mass is 35.5. The Bertz CT molecular complexity index is 1070. The molecule has 1 atom stereocenters. The van der Waals surface area contributed by atoms with Crippen molar-refractivity contribution in [2.24, 2.45) is 0 Å². The average molecular weight is 413 g/mol. The second-order valence-corrected chi connectivity index (χ2v) is 7.36. The van der Waals surface area contributed by atoms with Crippen LogP contribution in [0.4, 0.5) is 5.69 Å². The molecule has 0 spiro atoms. The fraction of sp³-hybridized carbons (Fsp3) is 0.0952. The van der Waals surface area contributed by atoms with E-state index in [2.05, 4.69) is 0 Å². The summed E-state index contributed by atoms with van der Waals surface area (Å²) in [4.78, 5) is 25.3. The van der Waals surface area contributed by atoms with E-state index in [1.54, 1.807) is 35.2 Å². The minimum atomic E-state index is -0.447. The van der Waals surface area contributed by atoms with Gasteiger partial charge in [0, 0.05) is 23.7 Å². The van der Waals surface area contributed by atoms with E-state index >= 15 is 0 Å². The third-order valence-electron chi connectivity index (χ3n) is 4.81. The molecule has 140 valence electrons. The highest BCUT2D eigenvalue weighted by Gasteiger charge is 2.39. The largest absolute Gasteiger partial charge is 0.323 e. The van der Waals surface area contributed by atoms with Crippen LogP contribution in [0.3, 0.4) is 0 Å². The number of carbonyl (C=O) groups is 1. The number of fused-ring (bicyclic) bond motifs is 1. The van der Waals surface area contributed by atoms with Gasteiger partial charge in [-0.05, 0) is 34.9 Å². The van der Waals surface area contributed by atoms with E-state index < -0.39 is 4.92 Å². The maximum Gasteiger partial charge on any atom is 0.269 e. The lowest BCUT2D eigenvalue weighted by Crippen LogP contribution is -2.28. The van der Waals surface area contributed by atoms with Gasteiger partial charge in [-0.2, -0.15) is 0 Å². The first-order valence-corrected chi connectivity index (χ1v) is 9.29. The minimum Gasteiger partial charge on any atom is -0.323 e. The second-order valence-electron chi connectivity index (χ2n) is 6.51. The van der Waals surface area contributed by atoms with Crippen molar-refractivity contribution in [1.29, 1.82) is 0 Å². The molecule has 5 nitrogen and oxygen atoms in total. The van der Waals surface area contributed by atoms with Crippen molar-refractivity contribution in [1.82, 2.24) is 4.90 Å². The third-order valence-corrected chi connectivity index (χ3v) is 5.38. The van der Waals surface area contributed by atoms with Gasteiger partial charge in [-0.1, -0.05) is 59.6 Å². The van der Waals surface area contributed by atoms with Crippen LogP contribution >= 0.6 is 23.2 Å². The van der Waals surface area contributed by atoms with Gasteiger partial charge in [0.25, 0.3) is 11.6 Å². The number of nitrogens with zero attached hydrogens (tertiary/aromatic N) is 2. The molecule has 1 heterocycles. The number of benzene rings is 3. The zero-order valence-corrected chi connectivity index (χ0v) is 16.0. The van der Waals surface area contributed by atoms with Crippen molar-refractivity contribution in [3.63, 3.8) is 0 Å². The van der Waals surface area contributed by atoms with Crippen molar-refractivity contribution in [2.45, 2.75) is 12.6 Å². The van der Waals surface area contributed by atoms with Crippen molar-refractivity contribution in [3.8, 4) is 0 Å². The van der Waals surface area contributed by atoms with Gasteiger partial charge in [0.05, 0.1) is 21.6 Å². The summed E-state index contributed by atoms with van der Waals surface area (Å²) in [5.74, 6) is -0.168. The van der Waals surface area contributed by atoms with E-state index in [9.17, 15) is 14.9 Å². The van der Waals surface area contributed by atoms with Gasteiger partial charge in [-0.3, -0.25) is 14.9 Å². The predicted molar refractivity (Wildman–Crippen MR) is 108 cm³/mol. The molecular formula is C21H14Cl2N2O3. The first kappa shape index (κ1) is 18.5. The molecule has 0 fully saturated rings. The summed E-state index contributed by atoms with van der Waals surface area (Å²) in [5.41, 5.74) is 3.05. The monoisotopic (exact) mass is 412 g/mol. The lowest BCUT2D eigenvalue weighted by Gasteiger charge is -2.26. The molecule has 1 aliphatic heterocycles. The van der Waals surface area contributed by atoms with E-state index in [-0.39, 0.29) is 17.6 Å². The molecule has 0 saturated heterocycles. The van der Waals surface area contributed by atoms with E-state index in [0.29, 0.717) is 22.2 Å². The number of carbonyl (C=O) groups excluding carboxylic acids is 1. The molecule has 7 heteroatoms. The van der Waals surface area contributed by atoms with Gasteiger partial charge in [-0.25, -0.2) is 0 Å². The van der Waals surface area contributed by atoms with Crippen molar-refractivity contribution in [2.75, 3.05) is 0 Å². The van der Waals surface area contributed by atoms with Crippen molar-refractivity contribution < 1.29 is 9.72 Å². The second kappa shape index (κ2) is 7.26.